The molecule has 26 heavy (non-hydrogen) atoms. The Labute approximate surface area is 157 Å². The number of nitrogens with zero attached hydrogens (tertiary/aromatic N) is 2. The molecule has 0 radical (unpaired) electrons. The summed E-state index contributed by atoms with van der Waals surface area (Å²) in [4.78, 5) is 31.7. The van der Waals surface area contributed by atoms with E-state index in [2.05, 4.69) is 5.16 Å². The fourth-order valence-corrected chi connectivity index (χ4v) is 3.64. The van der Waals surface area contributed by atoms with Crippen molar-refractivity contribution >= 4 is 46.4 Å². The van der Waals surface area contributed by atoms with Crippen LogP contribution in [-0.2, 0) is 14.4 Å². The first-order chi connectivity index (χ1) is 12.4. The first-order valence-corrected chi connectivity index (χ1v) is 8.49. The highest BCUT2D eigenvalue weighted by Crippen LogP contribution is 2.40. The molecule has 1 saturated heterocycles. The van der Waals surface area contributed by atoms with Gasteiger partial charge in [0.1, 0.15) is 5.82 Å². The second-order valence-electron chi connectivity index (χ2n) is 6.11. The van der Waals surface area contributed by atoms with Gasteiger partial charge in [-0.25, -0.2) is 9.29 Å². The van der Waals surface area contributed by atoms with Crippen molar-refractivity contribution in [2.75, 3.05) is 4.90 Å². The summed E-state index contributed by atoms with van der Waals surface area (Å²) in [5, 5.41) is 4.84. The maximum atomic E-state index is 13.1. The molecule has 2 aliphatic heterocycles. The molecule has 0 bridgehead atoms. The smallest absolute Gasteiger partial charge is 0.281 e. The summed E-state index contributed by atoms with van der Waals surface area (Å²) >= 11 is 12.1. The number of oxime groups is 1. The van der Waals surface area contributed by atoms with Crippen LogP contribution < -0.4 is 4.90 Å². The second kappa shape index (κ2) is 6.07. The van der Waals surface area contributed by atoms with Crippen LogP contribution in [0.15, 0.2) is 47.6 Å². The van der Waals surface area contributed by atoms with Crippen LogP contribution in [0.2, 0.25) is 10.0 Å². The van der Waals surface area contributed by atoms with E-state index in [1.54, 1.807) is 18.2 Å². The Bertz CT molecular complexity index is 961. The number of hydrogen-bond acceptors (Lipinski definition) is 4. The molecule has 1 fully saturated rings. The molecule has 0 unspecified atom stereocenters. The third-order valence-corrected chi connectivity index (χ3v) is 4.94. The van der Waals surface area contributed by atoms with Crippen LogP contribution in [0, 0.1) is 5.82 Å². The number of anilines is 1. The van der Waals surface area contributed by atoms with Gasteiger partial charge in [0.05, 0.1) is 22.8 Å². The zero-order valence-electron chi connectivity index (χ0n) is 13.2. The predicted octanol–water partition coefficient (Wildman–Crippen LogP) is 3.96. The molecule has 132 valence electrons. The molecule has 0 aliphatic carbocycles. The summed E-state index contributed by atoms with van der Waals surface area (Å²) in [7, 11) is 0. The lowest BCUT2D eigenvalue weighted by molar-refractivity contribution is -0.136. The Balaban J connectivity index is 1.62. The molecule has 8 heteroatoms. The van der Waals surface area contributed by atoms with E-state index in [0.29, 0.717) is 27.0 Å². The molecule has 1 atom stereocenters. The standard InChI is InChI=1S/C18H11Cl2FN2O3/c19-10-1-6-13(14(20)7-10)15-8-18(26-22-15)9-16(24)23(17(18)25)12-4-2-11(21)3-5-12/h1-7H,8-9H2/t18-/m1/s1. The maximum Gasteiger partial charge on any atom is 0.281 e. The van der Waals surface area contributed by atoms with E-state index in [-0.39, 0.29) is 12.8 Å². The van der Waals surface area contributed by atoms with Crippen LogP contribution >= 0.6 is 23.2 Å². The minimum Gasteiger partial charge on any atom is -0.378 e. The number of amides is 2. The number of imide groups is 1. The highest BCUT2D eigenvalue weighted by molar-refractivity contribution is 6.37. The third-order valence-electron chi connectivity index (χ3n) is 4.39. The maximum absolute atomic E-state index is 13.1. The lowest BCUT2D eigenvalue weighted by Crippen LogP contribution is -2.40. The van der Waals surface area contributed by atoms with Gasteiger partial charge in [0.15, 0.2) is 0 Å². The molecular formula is C18H11Cl2FN2O3. The second-order valence-corrected chi connectivity index (χ2v) is 6.96. The quantitative estimate of drug-likeness (QED) is 0.726. The average molecular weight is 393 g/mol. The zero-order chi connectivity index (χ0) is 18.5. The number of halogens is 3. The van der Waals surface area contributed by atoms with Crippen molar-refractivity contribution in [3.8, 4) is 0 Å². The van der Waals surface area contributed by atoms with E-state index >= 15 is 0 Å². The summed E-state index contributed by atoms with van der Waals surface area (Å²) in [5.41, 5.74) is -0.0499. The van der Waals surface area contributed by atoms with Gasteiger partial charge in [0.2, 0.25) is 11.5 Å². The minimum absolute atomic E-state index is 0.108. The van der Waals surface area contributed by atoms with Crippen molar-refractivity contribution in [2.45, 2.75) is 18.4 Å². The SMILES string of the molecule is O=C1C[C@]2(CC(c3ccc(Cl)cc3Cl)=NO2)C(=O)N1c1ccc(F)cc1. The summed E-state index contributed by atoms with van der Waals surface area (Å²) in [6, 6.07) is 10.0. The first kappa shape index (κ1) is 17.0. The summed E-state index contributed by atoms with van der Waals surface area (Å²) in [6.45, 7) is 0. The predicted molar refractivity (Wildman–Crippen MR) is 94.9 cm³/mol. The number of carbonyl (C=O) groups excluding carboxylic acids is 2. The van der Waals surface area contributed by atoms with Gasteiger partial charge in [0.25, 0.3) is 5.91 Å². The van der Waals surface area contributed by atoms with Crippen LogP contribution in [0.25, 0.3) is 0 Å². The van der Waals surface area contributed by atoms with Crippen molar-refractivity contribution < 1.29 is 18.8 Å². The Kier molecular flexibility index (Phi) is 3.97. The van der Waals surface area contributed by atoms with E-state index in [0.717, 1.165) is 4.90 Å². The molecule has 4 rings (SSSR count). The molecule has 2 aromatic carbocycles. The molecule has 2 heterocycles. The van der Waals surface area contributed by atoms with Crippen LogP contribution in [0.4, 0.5) is 10.1 Å². The Morgan fingerprint density at radius 2 is 1.81 bits per heavy atom. The first-order valence-electron chi connectivity index (χ1n) is 7.73. The van der Waals surface area contributed by atoms with Crippen molar-refractivity contribution in [1.29, 1.82) is 0 Å². The topological polar surface area (TPSA) is 59.0 Å². The lowest BCUT2D eigenvalue weighted by atomic mass is 9.92. The van der Waals surface area contributed by atoms with Gasteiger partial charge in [-0.05, 0) is 36.4 Å². The Morgan fingerprint density at radius 3 is 2.50 bits per heavy atom. The average Bonchev–Trinajstić information content (AvgIpc) is 3.11. The summed E-state index contributed by atoms with van der Waals surface area (Å²) in [5.74, 6) is -1.42. The van der Waals surface area contributed by atoms with Gasteiger partial charge in [-0.3, -0.25) is 9.59 Å². The van der Waals surface area contributed by atoms with E-state index in [1.807, 2.05) is 0 Å². The summed E-state index contributed by atoms with van der Waals surface area (Å²) in [6.07, 6.45) is -0.0436. The molecule has 0 N–H and O–H groups in total. The van der Waals surface area contributed by atoms with E-state index in [4.69, 9.17) is 28.0 Å². The summed E-state index contributed by atoms with van der Waals surface area (Å²) < 4.78 is 13.1. The number of rotatable bonds is 2. The minimum atomic E-state index is -1.40. The fraction of sp³-hybridized carbons (Fsp3) is 0.167. The molecule has 2 amide bonds. The largest absolute Gasteiger partial charge is 0.378 e. The lowest BCUT2D eigenvalue weighted by Gasteiger charge is -2.19. The van der Waals surface area contributed by atoms with Gasteiger partial charge in [0, 0.05) is 17.0 Å². The third kappa shape index (κ3) is 2.66. The van der Waals surface area contributed by atoms with Gasteiger partial charge >= 0.3 is 0 Å². The van der Waals surface area contributed by atoms with Crippen molar-refractivity contribution in [2.24, 2.45) is 5.16 Å². The molecule has 0 saturated carbocycles. The van der Waals surface area contributed by atoms with Gasteiger partial charge in [-0.2, -0.15) is 0 Å². The van der Waals surface area contributed by atoms with Gasteiger partial charge in [-0.1, -0.05) is 34.4 Å². The van der Waals surface area contributed by atoms with Gasteiger partial charge < -0.3 is 4.84 Å². The van der Waals surface area contributed by atoms with Crippen LogP contribution in [-0.4, -0.2) is 23.1 Å². The van der Waals surface area contributed by atoms with Crippen LogP contribution in [0.1, 0.15) is 18.4 Å². The zero-order valence-corrected chi connectivity index (χ0v) is 14.7. The molecule has 0 aromatic heterocycles. The Morgan fingerprint density at radius 1 is 1.08 bits per heavy atom. The van der Waals surface area contributed by atoms with Gasteiger partial charge in [-0.15, -0.1) is 0 Å². The number of benzene rings is 2. The Hall–Kier alpha value is -2.44. The highest BCUT2D eigenvalue weighted by Gasteiger charge is 2.58. The highest BCUT2D eigenvalue weighted by atomic mass is 35.5. The monoisotopic (exact) mass is 392 g/mol. The van der Waals surface area contributed by atoms with Crippen LogP contribution in [0.3, 0.4) is 0 Å². The molecule has 2 aliphatic rings. The van der Waals surface area contributed by atoms with Crippen LogP contribution in [0.5, 0.6) is 0 Å². The fourth-order valence-electron chi connectivity index (χ4n) is 3.12. The number of carbonyl (C=O) groups is 2. The van der Waals surface area contributed by atoms with Crippen molar-refractivity contribution in [3.63, 3.8) is 0 Å². The molecular weight excluding hydrogens is 382 g/mol. The van der Waals surface area contributed by atoms with Crippen molar-refractivity contribution in [3.05, 3.63) is 63.9 Å². The van der Waals surface area contributed by atoms with Crippen molar-refractivity contribution in [1.82, 2.24) is 0 Å². The number of hydrogen-bond donors (Lipinski definition) is 0. The van der Waals surface area contributed by atoms with E-state index in [9.17, 15) is 14.0 Å². The molecule has 5 nitrogen and oxygen atoms in total. The molecule has 1 spiro atoms. The normalized spacial score (nSPS) is 22.1. The molecule has 2 aromatic rings. The van der Waals surface area contributed by atoms with E-state index < -0.39 is 23.2 Å². The van der Waals surface area contributed by atoms with E-state index in [1.165, 1.54) is 24.3 Å².